The van der Waals surface area contributed by atoms with E-state index in [2.05, 4.69) is 149 Å². The molecule has 0 amide bonds. The van der Waals surface area contributed by atoms with Crippen molar-refractivity contribution >= 4 is 17.2 Å². The lowest BCUT2D eigenvalue weighted by Gasteiger charge is -2.35. The van der Waals surface area contributed by atoms with Crippen LogP contribution in [0.25, 0.3) is 17.2 Å². The van der Waals surface area contributed by atoms with Crippen molar-refractivity contribution in [2.75, 3.05) is 0 Å². The van der Waals surface area contributed by atoms with Gasteiger partial charge in [0.05, 0.1) is 0 Å². The minimum atomic E-state index is 0.109. The Labute approximate surface area is 311 Å². The van der Waals surface area contributed by atoms with Gasteiger partial charge in [0.25, 0.3) is 0 Å². The van der Waals surface area contributed by atoms with Gasteiger partial charge in [-0.1, -0.05) is 149 Å². The van der Waals surface area contributed by atoms with Crippen molar-refractivity contribution in [3.63, 3.8) is 0 Å². The maximum atomic E-state index is 2.70. The van der Waals surface area contributed by atoms with E-state index in [4.69, 9.17) is 0 Å². The van der Waals surface area contributed by atoms with Gasteiger partial charge in [-0.25, -0.2) is 0 Å². The van der Waals surface area contributed by atoms with Gasteiger partial charge in [0.1, 0.15) is 0 Å². The predicted octanol–water partition coefficient (Wildman–Crippen LogP) is 13.4. The van der Waals surface area contributed by atoms with Crippen LogP contribution in [0.1, 0.15) is 118 Å². The van der Waals surface area contributed by atoms with E-state index in [-0.39, 0.29) is 10.8 Å². The van der Waals surface area contributed by atoms with Crippen molar-refractivity contribution in [3.05, 3.63) is 182 Å². The van der Waals surface area contributed by atoms with Crippen LogP contribution in [0.4, 0.5) is 0 Å². The highest BCUT2D eigenvalue weighted by Gasteiger charge is 2.47. The Bertz CT molecular complexity index is 2260. The standard InChI is InChI=1S/C52H52/c1-5-52(6-2)47-14-10-9-13-43(47)46-26-23-42(32-50(46)52)41-22-25-45-44-24-21-40(30-48(44)51(3,4)49(45)31-41)39-20-19-37-28-36(17-18-38(37)29-39)35-16-15-33-11-7-8-12-34(33)27-35/h7-14,17-20,22,25,27-32,37-38,44,48H,5-6,15-16,21,23-24,26H2,1-4H3. The first-order valence-electron chi connectivity index (χ1n) is 20.4. The van der Waals surface area contributed by atoms with Crippen LogP contribution in [0.3, 0.4) is 0 Å². The minimum absolute atomic E-state index is 0.109. The average Bonchev–Trinajstić information content (AvgIpc) is 3.61. The van der Waals surface area contributed by atoms with Gasteiger partial charge in [-0.2, -0.15) is 0 Å². The van der Waals surface area contributed by atoms with Crippen molar-refractivity contribution in [2.24, 2.45) is 17.8 Å². The molecule has 0 saturated heterocycles. The molecule has 0 radical (unpaired) electrons. The van der Waals surface area contributed by atoms with E-state index in [9.17, 15) is 0 Å². The highest BCUT2D eigenvalue weighted by Crippen LogP contribution is 2.58. The van der Waals surface area contributed by atoms with E-state index >= 15 is 0 Å². The predicted molar refractivity (Wildman–Crippen MR) is 220 cm³/mol. The molecule has 0 bridgehead atoms. The summed E-state index contributed by atoms with van der Waals surface area (Å²) < 4.78 is 0. The van der Waals surface area contributed by atoms with E-state index < -0.39 is 0 Å². The molecule has 4 atom stereocenters. The molecule has 0 heterocycles. The number of benzene rings is 3. The fourth-order valence-electron chi connectivity index (χ4n) is 11.6. The number of fused-ring (bicyclic) bond motifs is 7. The van der Waals surface area contributed by atoms with Crippen molar-refractivity contribution in [2.45, 2.75) is 95.8 Å². The number of rotatable bonds is 5. The molecule has 3 aromatic rings. The molecule has 0 fully saturated rings. The lowest BCUT2D eigenvalue weighted by atomic mass is 9.69. The topological polar surface area (TPSA) is 0 Å². The van der Waals surface area contributed by atoms with Gasteiger partial charge in [0.15, 0.2) is 0 Å². The monoisotopic (exact) mass is 676 g/mol. The Kier molecular flexibility index (Phi) is 7.48. The molecule has 0 N–H and O–H groups in total. The average molecular weight is 677 g/mol. The first-order valence-corrected chi connectivity index (χ1v) is 20.4. The van der Waals surface area contributed by atoms with Crippen LogP contribution in [-0.4, -0.2) is 0 Å². The van der Waals surface area contributed by atoms with E-state index in [1.165, 1.54) is 57.4 Å². The molecule has 260 valence electrons. The SMILES string of the molecule is CCC1(CC)C2=C(CCC(c3ccc4c(c3)C(C)(C)C3C=C(C5=CC6C=CC(C7=Cc8ccccc8CC7)=CC6C=C5)CCC43)=C2)c2ccccc21. The molecule has 0 spiro atoms. The molecule has 0 heteroatoms. The molecule has 0 aromatic heterocycles. The van der Waals surface area contributed by atoms with E-state index in [1.54, 1.807) is 33.4 Å². The zero-order chi connectivity index (χ0) is 35.2. The summed E-state index contributed by atoms with van der Waals surface area (Å²) in [7, 11) is 0. The molecule has 52 heavy (non-hydrogen) atoms. The quantitative estimate of drug-likeness (QED) is 0.252. The van der Waals surface area contributed by atoms with Gasteiger partial charge in [0.2, 0.25) is 0 Å². The minimum Gasteiger partial charge on any atom is -0.0761 e. The third-order valence-electron chi connectivity index (χ3n) is 14.6. The number of aryl methyl sites for hydroxylation is 1. The summed E-state index contributed by atoms with van der Waals surface area (Å²) in [6.45, 7) is 9.84. The molecule has 7 aliphatic carbocycles. The molecular formula is C52H52. The van der Waals surface area contributed by atoms with E-state index in [0.717, 1.165) is 38.5 Å². The normalized spacial score (nSPS) is 27.2. The highest BCUT2D eigenvalue weighted by atomic mass is 14.5. The van der Waals surface area contributed by atoms with Gasteiger partial charge in [-0.15, -0.1) is 0 Å². The number of hydrogen-bond acceptors (Lipinski definition) is 0. The molecule has 10 rings (SSSR count). The van der Waals surface area contributed by atoms with Crippen molar-refractivity contribution < 1.29 is 0 Å². The van der Waals surface area contributed by atoms with Gasteiger partial charge < -0.3 is 0 Å². The van der Waals surface area contributed by atoms with E-state index in [0.29, 0.717) is 23.7 Å². The second-order valence-electron chi connectivity index (χ2n) is 17.3. The largest absolute Gasteiger partial charge is 0.0761 e. The molecule has 3 aromatic carbocycles. The fourth-order valence-corrected chi connectivity index (χ4v) is 11.6. The summed E-state index contributed by atoms with van der Waals surface area (Å²) in [5.74, 6) is 2.05. The molecule has 7 aliphatic rings. The van der Waals surface area contributed by atoms with Gasteiger partial charge in [-0.05, 0) is 147 Å². The summed E-state index contributed by atoms with van der Waals surface area (Å²) in [5.41, 5.74) is 21.6. The van der Waals surface area contributed by atoms with Crippen LogP contribution >= 0.6 is 0 Å². The first kappa shape index (κ1) is 32.2. The fraction of sp³-hybridized carbons (Fsp3) is 0.346. The molecule has 4 unspecified atom stereocenters. The zero-order valence-corrected chi connectivity index (χ0v) is 31.5. The second kappa shape index (κ2) is 12.1. The summed E-state index contributed by atoms with van der Waals surface area (Å²) in [4.78, 5) is 0. The van der Waals surface area contributed by atoms with Crippen molar-refractivity contribution in [1.29, 1.82) is 0 Å². The summed E-state index contributed by atoms with van der Waals surface area (Å²) in [6.07, 6.45) is 32.0. The van der Waals surface area contributed by atoms with Gasteiger partial charge in [0, 0.05) is 17.3 Å². The van der Waals surface area contributed by atoms with Crippen LogP contribution in [0.15, 0.2) is 143 Å². The Morgan fingerprint density at radius 3 is 2.19 bits per heavy atom. The van der Waals surface area contributed by atoms with Crippen LogP contribution in [0.2, 0.25) is 0 Å². The Morgan fingerprint density at radius 2 is 1.38 bits per heavy atom. The molecule has 0 saturated carbocycles. The maximum Gasteiger partial charge on any atom is 0.0206 e. The van der Waals surface area contributed by atoms with Crippen LogP contribution in [0, 0.1) is 17.8 Å². The molecule has 0 aliphatic heterocycles. The summed E-state index contributed by atoms with van der Waals surface area (Å²) in [6, 6.07) is 25.8. The summed E-state index contributed by atoms with van der Waals surface area (Å²) >= 11 is 0. The smallest absolute Gasteiger partial charge is 0.0206 e. The van der Waals surface area contributed by atoms with Crippen LogP contribution < -0.4 is 0 Å². The Balaban J connectivity index is 0.909. The first-order chi connectivity index (χ1) is 25.4. The number of hydrogen-bond donors (Lipinski definition) is 0. The Morgan fingerprint density at radius 1 is 0.654 bits per heavy atom. The van der Waals surface area contributed by atoms with E-state index in [1.807, 2.05) is 0 Å². The van der Waals surface area contributed by atoms with Crippen molar-refractivity contribution in [1.82, 2.24) is 0 Å². The number of allylic oxidation sites excluding steroid dienone is 15. The highest BCUT2D eigenvalue weighted by molar-refractivity contribution is 5.89. The van der Waals surface area contributed by atoms with Crippen LogP contribution in [0.5, 0.6) is 0 Å². The molecular weight excluding hydrogens is 625 g/mol. The second-order valence-corrected chi connectivity index (χ2v) is 17.3. The Hall–Kier alpha value is -4.42. The van der Waals surface area contributed by atoms with Gasteiger partial charge in [-0.3, -0.25) is 0 Å². The van der Waals surface area contributed by atoms with Gasteiger partial charge >= 0.3 is 0 Å². The third kappa shape index (κ3) is 4.79. The lowest BCUT2D eigenvalue weighted by molar-refractivity contribution is 0.343. The molecule has 0 nitrogen and oxygen atoms in total. The van der Waals surface area contributed by atoms with Crippen molar-refractivity contribution in [3.8, 4) is 0 Å². The maximum absolute atomic E-state index is 2.70. The lowest BCUT2D eigenvalue weighted by Crippen LogP contribution is -2.27. The zero-order valence-electron chi connectivity index (χ0n) is 31.5. The van der Waals surface area contributed by atoms with Crippen LogP contribution in [-0.2, 0) is 17.3 Å². The summed E-state index contributed by atoms with van der Waals surface area (Å²) in [5, 5.41) is 0. The third-order valence-corrected chi connectivity index (χ3v) is 14.6.